The lowest BCUT2D eigenvalue weighted by Gasteiger charge is -2.31. The molecule has 4 aromatic rings. The Morgan fingerprint density at radius 3 is 1.71 bits per heavy atom. The zero-order valence-electron chi connectivity index (χ0n) is 20.0. The predicted octanol–water partition coefficient (Wildman–Crippen LogP) is 7.61. The molecule has 0 saturated heterocycles. The summed E-state index contributed by atoms with van der Waals surface area (Å²) >= 11 is 0. The average molecular weight is 456 g/mol. The van der Waals surface area contributed by atoms with Crippen molar-refractivity contribution in [3.63, 3.8) is 0 Å². The third kappa shape index (κ3) is 4.13. The first-order valence-electron chi connectivity index (χ1n) is 11.1. The molecule has 0 aliphatic heterocycles. The standard InChI is InChI=1S/C29H29NO4/c1-17-10-15-23(31)25(16-17)34-24-9-7-6-8-22(24)30(26-18(2)11-13-20(4)28(26)32)27-19(3)12-14-21(5)29(27)33/h6-16,31-33H,1-5H3. The van der Waals surface area contributed by atoms with Crippen molar-refractivity contribution in [3.05, 3.63) is 94.5 Å². The van der Waals surface area contributed by atoms with Gasteiger partial charge in [-0.25, -0.2) is 0 Å². The number of aromatic hydroxyl groups is 3. The average Bonchev–Trinajstić information content (AvgIpc) is 2.81. The van der Waals surface area contributed by atoms with Crippen LogP contribution in [0.25, 0.3) is 0 Å². The summed E-state index contributed by atoms with van der Waals surface area (Å²) in [6.07, 6.45) is 0. The lowest BCUT2D eigenvalue weighted by atomic mass is 10.0. The summed E-state index contributed by atoms with van der Waals surface area (Å²) in [6.45, 7) is 9.44. The lowest BCUT2D eigenvalue weighted by Crippen LogP contribution is -2.15. The quantitative estimate of drug-likeness (QED) is 0.289. The topological polar surface area (TPSA) is 73.2 Å². The molecule has 0 heterocycles. The normalized spacial score (nSPS) is 10.9. The number of para-hydroxylation sites is 2. The van der Waals surface area contributed by atoms with Gasteiger partial charge in [-0.2, -0.15) is 0 Å². The molecular weight excluding hydrogens is 426 g/mol. The molecule has 0 amide bonds. The third-order valence-electron chi connectivity index (χ3n) is 6.00. The third-order valence-corrected chi connectivity index (χ3v) is 6.00. The second-order valence-corrected chi connectivity index (χ2v) is 8.67. The molecule has 5 nitrogen and oxygen atoms in total. The highest BCUT2D eigenvalue weighted by Crippen LogP contribution is 2.51. The molecule has 0 atom stereocenters. The monoisotopic (exact) mass is 455 g/mol. The highest BCUT2D eigenvalue weighted by Gasteiger charge is 2.27. The highest BCUT2D eigenvalue weighted by atomic mass is 16.5. The molecule has 5 heteroatoms. The van der Waals surface area contributed by atoms with Gasteiger partial charge in [-0.15, -0.1) is 0 Å². The molecular formula is C29H29NO4. The van der Waals surface area contributed by atoms with Crippen molar-refractivity contribution in [2.45, 2.75) is 34.6 Å². The first-order valence-corrected chi connectivity index (χ1v) is 11.1. The van der Waals surface area contributed by atoms with Crippen molar-refractivity contribution in [1.29, 1.82) is 0 Å². The van der Waals surface area contributed by atoms with Crippen LogP contribution in [0.15, 0.2) is 66.7 Å². The van der Waals surface area contributed by atoms with E-state index in [2.05, 4.69) is 0 Å². The molecule has 4 aromatic carbocycles. The van der Waals surface area contributed by atoms with Gasteiger partial charge in [0.2, 0.25) is 0 Å². The van der Waals surface area contributed by atoms with Crippen molar-refractivity contribution < 1.29 is 20.1 Å². The van der Waals surface area contributed by atoms with E-state index in [1.165, 1.54) is 0 Å². The second kappa shape index (κ2) is 9.02. The number of phenols is 3. The number of aryl methyl sites for hydroxylation is 5. The zero-order chi connectivity index (χ0) is 24.6. The number of nitrogens with zero attached hydrogens (tertiary/aromatic N) is 1. The van der Waals surface area contributed by atoms with E-state index in [1.54, 1.807) is 18.2 Å². The summed E-state index contributed by atoms with van der Waals surface area (Å²) in [6, 6.07) is 20.2. The molecule has 34 heavy (non-hydrogen) atoms. The number of hydrogen-bond donors (Lipinski definition) is 3. The van der Waals surface area contributed by atoms with Crippen LogP contribution < -0.4 is 9.64 Å². The van der Waals surface area contributed by atoms with Gasteiger partial charge in [0.05, 0.1) is 17.1 Å². The van der Waals surface area contributed by atoms with Crippen molar-refractivity contribution in [3.8, 4) is 28.7 Å². The van der Waals surface area contributed by atoms with Gasteiger partial charge in [0.15, 0.2) is 17.2 Å². The Hall–Kier alpha value is -4.12. The van der Waals surface area contributed by atoms with E-state index in [-0.39, 0.29) is 17.2 Å². The van der Waals surface area contributed by atoms with Crippen LogP contribution in [0.5, 0.6) is 28.7 Å². The molecule has 0 radical (unpaired) electrons. The summed E-state index contributed by atoms with van der Waals surface area (Å²) in [5.74, 6) is 1.05. The van der Waals surface area contributed by atoms with Crippen LogP contribution in [0.1, 0.15) is 27.8 Å². The Labute approximate surface area is 200 Å². The van der Waals surface area contributed by atoms with Crippen LogP contribution >= 0.6 is 0 Å². The minimum atomic E-state index is 0.0242. The van der Waals surface area contributed by atoms with E-state index in [0.29, 0.717) is 39.7 Å². The minimum absolute atomic E-state index is 0.0242. The summed E-state index contributed by atoms with van der Waals surface area (Å²) in [7, 11) is 0. The van der Waals surface area contributed by atoms with Crippen molar-refractivity contribution in [1.82, 2.24) is 0 Å². The summed E-state index contributed by atoms with van der Waals surface area (Å²) < 4.78 is 6.21. The van der Waals surface area contributed by atoms with Gasteiger partial charge in [0, 0.05) is 0 Å². The van der Waals surface area contributed by atoms with Crippen molar-refractivity contribution in [2.75, 3.05) is 4.90 Å². The Morgan fingerprint density at radius 1 is 0.588 bits per heavy atom. The number of rotatable bonds is 5. The molecule has 4 rings (SSSR count). The molecule has 0 aromatic heterocycles. The van der Waals surface area contributed by atoms with Crippen LogP contribution in [0.3, 0.4) is 0 Å². The molecule has 3 N–H and O–H groups in total. The van der Waals surface area contributed by atoms with Gasteiger partial charge in [0.25, 0.3) is 0 Å². The Morgan fingerprint density at radius 2 is 1.12 bits per heavy atom. The number of anilines is 3. The largest absolute Gasteiger partial charge is 0.505 e. The van der Waals surface area contributed by atoms with Crippen LogP contribution in [-0.4, -0.2) is 15.3 Å². The molecule has 0 fully saturated rings. The fraction of sp³-hybridized carbons (Fsp3) is 0.172. The van der Waals surface area contributed by atoms with Crippen LogP contribution in [0.2, 0.25) is 0 Å². The van der Waals surface area contributed by atoms with Crippen LogP contribution in [0, 0.1) is 34.6 Å². The molecule has 0 aliphatic rings. The van der Waals surface area contributed by atoms with E-state index >= 15 is 0 Å². The van der Waals surface area contributed by atoms with E-state index in [9.17, 15) is 15.3 Å². The van der Waals surface area contributed by atoms with Gasteiger partial charge >= 0.3 is 0 Å². The Balaban J connectivity index is 2.02. The van der Waals surface area contributed by atoms with Gasteiger partial charge in [-0.3, -0.25) is 4.90 Å². The van der Waals surface area contributed by atoms with Gasteiger partial charge in [-0.1, -0.05) is 42.5 Å². The van der Waals surface area contributed by atoms with Gasteiger partial charge in [-0.05, 0) is 86.7 Å². The van der Waals surface area contributed by atoms with Crippen LogP contribution in [-0.2, 0) is 0 Å². The van der Waals surface area contributed by atoms with Gasteiger partial charge in [0.1, 0.15) is 11.5 Å². The number of phenolic OH excluding ortho intramolecular Hbond substituents is 3. The first-order chi connectivity index (χ1) is 16.2. The van der Waals surface area contributed by atoms with E-state index in [0.717, 1.165) is 16.7 Å². The van der Waals surface area contributed by atoms with Crippen molar-refractivity contribution >= 4 is 17.1 Å². The first kappa shape index (κ1) is 23.1. The minimum Gasteiger partial charge on any atom is -0.505 e. The fourth-order valence-electron chi connectivity index (χ4n) is 4.03. The summed E-state index contributed by atoms with van der Waals surface area (Å²) in [5, 5.41) is 32.7. The number of ether oxygens (including phenoxy) is 1. The maximum Gasteiger partial charge on any atom is 0.169 e. The molecule has 0 saturated carbocycles. The molecule has 0 unspecified atom stereocenters. The van der Waals surface area contributed by atoms with Gasteiger partial charge < -0.3 is 20.1 Å². The summed E-state index contributed by atoms with van der Waals surface area (Å²) in [4.78, 5) is 1.83. The number of benzene rings is 4. The maximum absolute atomic E-state index is 11.2. The fourth-order valence-corrected chi connectivity index (χ4v) is 4.03. The maximum atomic E-state index is 11.2. The molecule has 174 valence electrons. The Bertz CT molecular complexity index is 1320. The molecule has 0 aliphatic carbocycles. The van der Waals surface area contributed by atoms with E-state index < -0.39 is 0 Å². The van der Waals surface area contributed by atoms with E-state index in [1.807, 2.05) is 88.0 Å². The highest BCUT2D eigenvalue weighted by molar-refractivity contribution is 5.89. The zero-order valence-corrected chi connectivity index (χ0v) is 20.0. The van der Waals surface area contributed by atoms with Crippen molar-refractivity contribution in [2.24, 2.45) is 0 Å². The summed E-state index contributed by atoms with van der Waals surface area (Å²) in [5.41, 5.74) is 5.74. The number of hydrogen-bond acceptors (Lipinski definition) is 5. The SMILES string of the molecule is Cc1ccc(O)c(Oc2ccccc2N(c2c(C)ccc(C)c2O)c2c(C)ccc(C)c2O)c1. The predicted molar refractivity (Wildman–Crippen MR) is 136 cm³/mol. The lowest BCUT2D eigenvalue weighted by molar-refractivity contribution is 0.411. The second-order valence-electron chi connectivity index (χ2n) is 8.67. The Kier molecular flexibility index (Phi) is 6.12. The molecule has 0 spiro atoms. The molecule has 0 bridgehead atoms. The van der Waals surface area contributed by atoms with E-state index in [4.69, 9.17) is 4.74 Å². The van der Waals surface area contributed by atoms with Crippen LogP contribution in [0.4, 0.5) is 17.1 Å². The smallest absolute Gasteiger partial charge is 0.169 e.